The number of carbonyl (C=O) groups is 1. The normalized spacial score (nSPS) is 26.9. The van der Waals surface area contributed by atoms with Gasteiger partial charge in [0.25, 0.3) is 0 Å². The van der Waals surface area contributed by atoms with Crippen LogP contribution in [-0.4, -0.2) is 22.4 Å². The average molecular weight is 222 g/mol. The van der Waals surface area contributed by atoms with Crippen LogP contribution >= 0.6 is 0 Å². The Bertz CT molecular complexity index is 354. The molecule has 0 radical (unpaired) electrons. The van der Waals surface area contributed by atoms with E-state index in [1.54, 1.807) is 0 Å². The van der Waals surface area contributed by atoms with Crippen LogP contribution in [0.15, 0.2) is 23.5 Å². The van der Waals surface area contributed by atoms with Crippen molar-refractivity contribution in [3.8, 4) is 0 Å². The van der Waals surface area contributed by atoms with Crippen molar-refractivity contribution in [1.29, 1.82) is 0 Å². The second kappa shape index (κ2) is 3.29. The van der Waals surface area contributed by atoms with Crippen LogP contribution in [0.25, 0.3) is 0 Å². The fraction of sp³-hybridized carbons (Fsp3) is 0.444. The molecule has 3 nitrogen and oxygen atoms in total. The molecule has 6 heteroatoms. The van der Waals surface area contributed by atoms with E-state index in [2.05, 4.69) is 0 Å². The summed E-state index contributed by atoms with van der Waals surface area (Å²) in [7, 11) is 0. The maximum atomic E-state index is 12.6. The van der Waals surface area contributed by atoms with E-state index in [9.17, 15) is 23.1 Å². The Balaban J connectivity index is 3.28. The van der Waals surface area contributed by atoms with E-state index >= 15 is 0 Å². The van der Waals surface area contributed by atoms with Gasteiger partial charge in [0.2, 0.25) is 0 Å². The number of aliphatic hydroxyl groups excluding tert-OH is 1. The second-order valence-corrected chi connectivity index (χ2v) is 3.50. The molecular weight excluding hydrogens is 213 g/mol. The van der Waals surface area contributed by atoms with Crippen LogP contribution in [0.5, 0.6) is 0 Å². The fourth-order valence-corrected chi connectivity index (χ4v) is 1.31. The Labute approximate surface area is 83.5 Å². The molecule has 0 aromatic heterocycles. The van der Waals surface area contributed by atoms with Gasteiger partial charge in [0, 0.05) is 0 Å². The summed E-state index contributed by atoms with van der Waals surface area (Å²) in [5.74, 6) is -2.70. The Morgan fingerprint density at radius 1 is 1.53 bits per heavy atom. The lowest BCUT2D eigenvalue weighted by atomic mass is 9.78. The number of alkyl halides is 3. The van der Waals surface area contributed by atoms with Gasteiger partial charge < -0.3 is 10.2 Å². The minimum Gasteiger partial charge on any atom is -0.510 e. The van der Waals surface area contributed by atoms with Crippen LogP contribution in [0.4, 0.5) is 13.2 Å². The molecule has 2 N–H and O–H groups in total. The van der Waals surface area contributed by atoms with Crippen molar-refractivity contribution < 1.29 is 28.2 Å². The highest BCUT2D eigenvalue weighted by Gasteiger charge is 2.55. The van der Waals surface area contributed by atoms with Crippen molar-refractivity contribution in [2.75, 3.05) is 0 Å². The third-order valence-corrected chi connectivity index (χ3v) is 2.44. The predicted octanol–water partition coefficient (Wildman–Crippen LogP) is 2.41. The standard InChI is InChI=1S/C9H9F3O3/c1-8(9(10,11)12)4-2-3-5(6(8)13)7(14)15/h2-3,13H,4H2,1H3,(H,14,15). The molecule has 15 heavy (non-hydrogen) atoms. The van der Waals surface area contributed by atoms with Gasteiger partial charge in [-0.15, -0.1) is 0 Å². The number of rotatable bonds is 1. The smallest absolute Gasteiger partial charge is 0.401 e. The molecule has 1 atom stereocenters. The first-order valence-electron chi connectivity index (χ1n) is 4.10. The quantitative estimate of drug-likeness (QED) is 0.716. The van der Waals surface area contributed by atoms with E-state index in [0.29, 0.717) is 0 Å². The highest BCUT2D eigenvalue weighted by Crippen LogP contribution is 2.48. The van der Waals surface area contributed by atoms with Crippen molar-refractivity contribution in [1.82, 2.24) is 0 Å². The molecule has 1 aliphatic rings. The van der Waals surface area contributed by atoms with Crippen molar-refractivity contribution >= 4 is 5.97 Å². The van der Waals surface area contributed by atoms with Gasteiger partial charge in [-0.05, 0) is 19.4 Å². The number of hydrogen-bond donors (Lipinski definition) is 2. The highest BCUT2D eigenvalue weighted by molar-refractivity contribution is 5.91. The molecule has 1 aliphatic carbocycles. The van der Waals surface area contributed by atoms with E-state index in [0.717, 1.165) is 19.1 Å². The van der Waals surface area contributed by atoms with Crippen LogP contribution in [0.3, 0.4) is 0 Å². The molecule has 0 aromatic carbocycles. The SMILES string of the molecule is CC1(C(F)(F)F)CC=CC(C(=O)O)=C1O. The molecule has 0 aromatic rings. The lowest BCUT2D eigenvalue weighted by molar-refractivity contribution is -0.212. The van der Waals surface area contributed by atoms with Gasteiger partial charge in [0.1, 0.15) is 11.2 Å². The number of aliphatic carboxylic acids is 1. The summed E-state index contributed by atoms with van der Waals surface area (Å²) in [6.07, 6.45) is -3.07. The summed E-state index contributed by atoms with van der Waals surface area (Å²) in [4.78, 5) is 10.5. The van der Waals surface area contributed by atoms with Crippen molar-refractivity contribution in [2.45, 2.75) is 19.5 Å². The zero-order valence-electron chi connectivity index (χ0n) is 7.80. The highest BCUT2D eigenvalue weighted by atomic mass is 19.4. The van der Waals surface area contributed by atoms with Crippen molar-refractivity contribution in [3.05, 3.63) is 23.5 Å². The van der Waals surface area contributed by atoms with Gasteiger partial charge in [-0.3, -0.25) is 0 Å². The van der Waals surface area contributed by atoms with Gasteiger partial charge >= 0.3 is 12.1 Å². The molecule has 0 aliphatic heterocycles. The lowest BCUT2D eigenvalue weighted by Gasteiger charge is -2.32. The molecule has 0 spiro atoms. The summed E-state index contributed by atoms with van der Waals surface area (Å²) in [5, 5.41) is 17.9. The molecule has 0 bridgehead atoms. The largest absolute Gasteiger partial charge is 0.510 e. The number of carboxylic acids is 1. The Morgan fingerprint density at radius 3 is 2.47 bits per heavy atom. The first-order valence-corrected chi connectivity index (χ1v) is 4.10. The van der Waals surface area contributed by atoms with Gasteiger partial charge in [-0.25, -0.2) is 4.79 Å². The first-order chi connectivity index (χ1) is 6.70. The third kappa shape index (κ3) is 1.71. The minimum absolute atomic E-state index is 0.459. The Morgan fingerprint density at radius 2 is 2.07 bits per heavy atom. The van der Waals surface area contributed by atoms with Gasteiger partial charge in [0.15, 0.2) is 0 Å². The van der Waals surface area contributed by atoms with Gasteiger partial charge in [-0.1, -0.05) is 6.08 Å². The van der Waals surface area contributed by atoms with E-state index in [4.69, 9.17) is 5.11 Å². The first kappa shape index (κ1) is 11.6. The molecular formula is C9H9F3O3. The van der Waals surface area contributed by atoms with Crippen LogP contribution in [0.2, 0.25) is 0 Å². The van der Waals surface area contributed by atoms with Crippen molar-refractivity contribution in [3.63, 3.8) is 0 Å². The monoisotopic (exact) mass is 222 g/mol. The zero-order chi connectivity index (χ0) is 11.9. The molecule has 0 saturated heterocycles. The Kier molecular flexibility index (Phi) is 2.54. The summed E-state index contributed by atoms with van der Waals surface area (Å²) >= 11 is 0. The molecule has 0 saturated carbocycles. The minimum atomic E-state index is -4.68. The molecule has 0 heterocycles. The maximum Gasteiger partial charge on any atom is 0.401 e. The molecule has 84 valence electrons. The van der Waals surface area contributed by atoms with Gasteiger partial charge in [-0.2, -0.15) is 13.2 Å². The number of aliphatic hydroxyl groups is 1. The Hall–Kier alpha value is -1.46. The number of hydrogen-bond acceptors (Lipinski definition) is 2. The van der Waals surface area contributed by atoms with Crippen LogP contribution < -0.4 is 0 Å². The van der Waals surface area contributed by atoms with E-state index in [-0.39, 0.29) is 0 Å². The van der Waals surface area contributed by atoms with Gasteiger partial charge in [0.05, 0.1) is 5.57 Å². The summed E-state index contributed by atoms with van der Waals surface area (Å²) in [6, 6.07) is 0. The second-order valence-electron chi connectivity index (χ2n) is 3.50. The lowest BCUT2D eigenvalue weighted by Crippen LogP contribution is -2.39. The molecule has 1 unspecified atom stereocenters. The molecule has 0 amide bonds. The average Bonchev–Trinajstić information content (AvgIpc) is 2.07. The number of halogens is 3. The zero-order valence-corrected chi connectivity index (χ0v) is 7.80. The number of carboxylic acid groups (broad SMARTS) is 1. The molecule has 0 fully saturated rings. The van der Waals surface area contributed by atoms with Crippen LogP contribution in [0, 0.1) is 5.41 Å². The van der Waals surface area contributed by atoms with E-state index in [1.165, 1.54) is 0 Å². The fourth-order valence-electron chi connectivity index (χ4n) is 1.31. The topological polar surface area (TPSA) is 57.5 Å². The maximum absolute atomic E-state index is 12.6. The third-order valence-electron chi connectivity index (χ3n) is 2.44. The summed E-state index contributed by atoms with van der Waals surface area (Å²) in [5.41, 5.74) is -3.21. The summed E-state index contributed by atoms with van der Waals surface area (Å²) in [6.45, 7) is 0.773. The number of allylic oxidation sites excluding steroid dienone is 2. The van der Waals surface area contributed by atoms with Crippen molar-refractivity contribution in [2.24, 2.45) is 5.41 Å². The summed E-state index contributed by atoms with van der Waals surface area (Å²) < 4.78 is 37.8. The van der Waals surface area contributed by atoms with E-state index < -0.39 is 35.3 Å². The van der Waals surface area contributed by atoms with Crippen LogP contribution in [0.1, 0.15) is 13.3 Å². The van der Waals surface area contributed by atoms with E-state index in [1.807, 2.05) is 0 Å². The molecule has 1 rings (SSSR count). The van der Waals surface area contributed by atoms with Crippen LogP contribution in [-0.2, 0) is 4.79 Å². The predicted molar refractivity (Wildman–Crippen MR) is 45.2 cm³/mol.